The Morgan fingerprint density at radius 2 is 1.83 bits per heavy atom. The molecule has 0 saturated carbocycles. The standard InChI is InChI=1S/C21H22ClN3O3.C2H6N.C2H6S.Y/c22-20-13(2-1-3-18(20)23)10-16-17(12-25-8-6-24-7-9-25)15-5-4-14(26)11-19(15)28-21(16)27;1-3-2;1-2-3;/h1-5,11,24,26H,6-10,12,23H2;1-2H3;3H,2H2,1H3;/q;-1;;. The Bertz CT molecular complexity index is 1120. The summed E-state index contributed by atoms with van der Waals surface area (Å²) in [6, 6.07) is 10.3. The molecule has 0 spiro atoms. The van der Waals surface area contributed by atoms with E-state index >= 15 is 0 Å². The molecule has 1 fully saturated rings. The summed E-state index contributed by atoms with van der Waals surface area (Å²) < 4.78 is 5.53. The van der Waals surface area contributed by atoms with E-state index in [2.05, 4.69) is 28.2 Å². The molecule has 4 N–H and O–H groups in total. The Balaban J connectivity index is 0.000000797. The second-order valence-electron chi connectivity index (χ2n) is 7.81. The van der Waals surface area contributed by atoms with Crippen LogP contribution in [0.4, 0.5) is 5.69 Å². The SMILES string of the molecule is CCS.C[N-]C.Nc1cccc(Cc2c(CN3CCNCC3)c3ccc(O)cc3oc2=O)c1Cl.[Y]. The fraction of sp³-hybridized carbons (Fsp3) is 0.400. The molecular weight excluding hydrogens is 561 g/mol. The summed E-state index contributed by atoms with van der Waals surface area (Å²) in [6.07, 6.45) is 0.338. The van der Waals surface area contributed by atoms with E-state index in [1.165, 1.54) is 6.07 Å². The first kappa shape index (κ1) is 31.9. The Labute approximate surface area is 243 Å². The average molecular weight is 595 g/mol. The van der Waals surface area contributed by atoms with Gasteiger partial charge in [0.1, 0.15) is 11.3 Å². The molecule has 1 radical (unpaired) electrons. The first-order chi connectivity index (χ1) is 16.4. The van der Waals surface area contributed by atoms with Crippen molar-refractivity contribution in [2.75, 3.05) is 51.8 Å². The molecule has 0 atom stereocenters. The number of nitrogens with zero attached hydrogens (tertiary/aromatic N) is 2. The second kappa shape index (κ2) is 16.6. The molecule has 3 aromatic rings. The zero-order valence-electron chi connectivity index (χ0n) is 20.6. The number of hydrogen-bond acceptors (Lipinski definition) is 7. The molecule has 35 heavy (non-hydrogen) atoms. The van der Waals surface area contributed by atoms with Crippen molar-refractivity contribution in [3.05, 3.63) is 73.8 Å². The van der Waals surface area contributed by atoms with Gasteiger partial charge in [-0.15, -0.1) is 0 Å². The monoisotopic (exact) mass is 594 g/mol. The summed E-state index contributed by atoms with van der Waals surface area (Å²) in [5.74, 6) is 1.01. The number of nitrogen functional groups attached to an aromatic ring is 1. The predicted molar refractivity (Wildman–Crippen MR) is 146 cm³/mol. The van der Waals surface area contributed by atoms with Gasteiger partial charge in [-0.25, -0.2) is 4.79 Å². The maximum Gasteiger partial charge on any atom is 0.340 e. The van der Waals surface area contributed by atoms with Gasteiger partial charge < -0.3 is 25.9 Å². The number of benzene rings is 2. The second-order valence-corrected chi connectivity index (χ2v) is 8.82. The number of hydrogen-bond donors (Lipinski definition) is 4. The van der Waals surface area contributed by atoms with Crippen LogP contribution in [0.25, 0.3) is 16.3 Å². The Morgan fingerprint density at radius 3 is 2.46 bits per heavy atom. The van der Waals surface area contributed by atoms with Crippen LogP contribution in [0.5, 0.6) is 5.75 Å². The Morgan fingerprint density at radius 1 is 1.20 bits per heavy atom. The van der Waals surface area contributed by atoms with Crippen LogP contribution in [-0.2, 0) is 45.7 Å². The summed E-state index contributed by atoms with van der Waals surface area (Å²) in [5.41, 5.74) is 8.65. The Kier molecular flexibility index (Phi) is 15.1. The molecule has 189 valence electrons. The minimum absolute atomic E-state index is 0. The molecule has 4 rings (SSSR count). The molecule has 1 aliphatic heterocycles. The molecule has 10 heteroatoms. The van der Waals surface area contributed by atoms with E-state index in [9.17, 15) is 9.90 Å². The first-order valence-electron chi connectivity index (χ1n) is 11.2. The summed E-state index contributed by atoms with van der Waals surface area (Å²) in [5, 5.41) is 17.9. The fourth-order valence-electron chi connectivity index (χ4n) is 3.67. The van der Waals surface area contributed by atoms with E-state index in [1.807, 2.05) is 19.1 Å². The number of nitrogens with one attached hydrogen (secondary N) is 1. The van der Waals surface area contributed by atoms with E-state index in [1.54, 1.807) is 32.3 Å². The normalized spacial score (nSPS) is 13.2. The minimum Gasteiger partial charge on any atom is -0.668 e. The molecule has 0 aliphatic carbocycles. The van der Waals surface area contributed by atoms with Crippen LogP contribution in [0.1, 0.15) is 23.6 Å². The smallest absolute Gasteiger partial charge is 0.340 e. The predicted octanol–water partition coefficient (Wildman–Crippen LogP) is 4.28. The van der Waals surface area contributed by atoms with E-state index < -0.39 is 5.63 Å². The van der Waals surface area contributed by atoms with Crippen molar-refractivity contribution >= 4 is 40.9 Å². The molecule has 0 bridgehead atoms. The van der Waals surface area contributed by atoms with E-state index in [0.29, 0.717) is 34.8 Å². The van der Waals surface area contributed by atoms with Gasteiger partial charge in [0, 0.05) is 88.9 Å². The number of piperazine rings is 1. The van der Waals surface area contributed by atoms with Crippen LogP contribution in [-0.4, -0.2) is 56.0 Å². The molecule has 1 saturated heterocycles. The third-order valence-corrected chi connectivity index (χ3v) is 5.63. The maximum atomic E-state index is 12.9. The van der Waals surface area contributed by atoms with E-state index in [0.717, 1.165) is 48.4 Å². The molecule has 2 heterocycles. The number of aromatic hydroxyl groups is 1. The molecule has 2 aromatic carbocycles. The van der Waals surface area contributed by atoms with Crippen LogP contribution in [0, 0.1) is 0 Å². The number of halogens is 1. The largest absolute Gasteiger partial charge is 0.668 e. The Hall–Kier alpha value is -1.13. The summed E-state index contributed by atoms with van der Waals surface area (Å²) in [6.45, 7) is 6.25. The van der Waals surface area contributed by atoms with Gasteiger partial charge in [0.05, 0.1) is 10.7 Å². The summed E-state index contributed by atoms with van der Waals surface area (Å²) in [7, 11) is 3.50. The number of thiol groups is 1. The van der Waals surface area contributed by atoms with E-state index in [4.69, 9.17) is 21.8 Å². The number of nitrogens with two attached hydrogens (primary N) is 1. The maximum absolute atomic E-state index is 12.9. The molecular formula is C25H34ClN4O3SY-. The van der Waals surface area contributed by atoms with Crippen LogP contribution in [0.15, 0.2) is 45.6 Å². The van der Waals surface area contributed by atoms with E-state index in [-0.39, 0.29) is 38.5 Å². The van der Waals surface area contributed by atoms with Gasteiger partial charge in [-0.05, 0) is 35.1 Å². The van der Waals surface area contributed by atoms with Crippen molar-refractivity contribution in [1.82, 2.24) is 10.2 Å². The van der Waals surface area contributed by atoms with Crippen LogP contribution < -0.4 is 16.7 Å². The molecule has 0 unspecified atom stereocenters. The number of phenols is 1. The van der Waals surface area contributed by atoms with Crippen molar-refractivity contribution in [2.45, 2.75) is 19.9 Å². The van der Waals surface area contributed by atoms with Crippen molar-refractivity contribution in [3.63, 3.8) is 0 Å². The molecule has 1 aromatic heterocycles. The number of anilines is 1. The fourth-order valence-corrected chi connectivity index (χ4v) is 3.86. The van der Waals surface area contributed by atoms with Gasteiger partial charge >= 0.3 is 5.63 Å². The van der Waals surface area contributed by atoms with Crippen LogP contribution in [0.2, 0.25) is 5.02 Å². The van der Waals surface area contributed by atoms with Crippen LogP contribution in [0.3, 0.4) is 0 Å². The number of phenolic OH excluding ortho intramolecular Hbond substituents is 1. The van der Waals surface area contributed by atoms with Gasteiger partial charge in [-0.3, -0.25) is 4.90 Å². The first-order valence-corrected chi connectivity index (χ1v) is 12.2. The molecule has 7 nitrogen and oxygen atoms in total. The van der Waals surface area contributed by atoms with Crippen LogP contribution >= 0.6 is 24.2 Å². The topological polar surface area (TPSA) is 106 Å². The van der Waals surface area contributed by atoms with Crippen molar-refractivity contribution in [2.24, 2.45) is 0 Å². The zero-order chi connectivity index (χ0) is 25.1. The van der Waals surface area contributed by atoms with Gasteiger partial charge in [0.15, 0.2) is 0 Å². The third-order valence-electron chi connectivity index (χ3n) is 5.17. The quantitative estimate of drug-likeness (QED) is 0.204. The zero-order valence-corrected chi connectivity index (χ0v) is 25.0. The van der Waals surface area contributed by atoms with Gasteiger partial charge in [-0.2, -0.15) is 26.7 Å². The molecule has 1 aliphatic rings. The average Bonchev–Trinajstić information content (AvgIpc) is 2.80. The number of fused-ring (bicyclic) bond motifs is 1. The number of rotatable bonds is 4. The summed E-state index contributed by atoms with van der Waals surface area (Å²) in [4.78, 5) is 15.2. The third kappa shape index (κ3) is 9.36. The van der Waals surface area contributed by atoms with Crippen molar-refractivity contribution in [3.8, 4) is 5.75 Å². The van der Waals surface area contributed by atoms with Gasteiger partial charge in [0.25, 0.3) is 0 Å². The van der Waals surface area contributed by atoms with Crippen molar-refractivity contribution < 1.29 is 42.2 Å². The van der Waals surface area contributed by atoms with Gasteiger partial charge in [-0.1, -0.05) is 30.7 Å². The summed E-state index contributed by atoms with van der Waals surface area (Å²) >= 11 is 10.2. The molecule has 0 amide bonds. The van der Waals surface area contributed by atoms with Crippen molar-refractivity contribution in [1.29, 1.82) is 0 Å². The van der Waals surface area contributed by atoms with Gasteiger partial charge in [0.2, 0.25) is 0 Å². The minimum atomic E-state index is -0.415.